The fourth-order valence-electron chi connectivity index (χ4n) is 3.02. The van der Waals surface area contributed by atoms with Crippen molar-refractivity contribution >= 4 is 29.1 Å². The Kier molecular flexibility index (Phi) is 4.22. The Hall–Kier alpha value is -1.59. The minimum atomic E-state index is 0.129. The summed E-state index contributed by atoms with van der Waals surface area (Å²) in [5, 5.41) is 9.67. The molecule has 1 saturated carbocycles. The summed E-state index contributed by atoms with van der Waals surface area (Å²) in [4.78, 5) is 14.2. The second-order valence-corrected chi connectivity index (χ2v) is 7.36. The van der Waals surface area contributed by atoms with Crippen LogP contribution in [0.15, 0.2) is 24.4 Å². The van der Waals surface area contributed by atoms with Gasteiger partial charge >= 0.3 is 0 Å². The van der Waals surface area contributed by atoms with E-state index in [9.17, 15) is 4.79 Å². The minimum absolute atomic E-state index is 0.129. The van der Waals surface area contributed by atoms with Gasteiger partial charge in [-0.25, -0.2) is 4.68 Å². The molecule has 5 nitrogen and oxygen atoms in total. The molecular formula is C17H18Cl2N4O. The van der Waals surface area contributed by atoms with Crippen molar-refractivity contribution < 1.29 is 4.79 Å². The van der Waals surface area contributed by atoms with Crippen LogP contribution in [0.2, 0.25) is 10.0 Å². The van der Waals surface area contributed by atoms with Gasteiger partial charge in [0.05, 0.1) is 11.7 Å². The molecule has 1 aromatic heterocycles. The lowest BCUT2D eigenvalue weighted by atomic mass is 10.1. The Morgan fingerprint density at radius 2 is 1.92 bits per heavy atom. The summed E-state index contributed by atoms with van der Waals surface area (Å²) in [7, 11) is 0. The van der Waals surface area contributed by atoms with E-state index >= 15 is 0 Å². The molecule has 0 atom stereocenters. The molecule has 126 valence electrons. The van der Waals surface area contributed by atoms with Crippen LogP contribution in [-0.4, -0.2) is 38.9 Å². The van der Waals surface area contributed by atoms with Crippen LogP contribution in [0, 0.1) is 0 Å². The normalized spacial score (nSPS) is 17.8. The van der Waals surface area contributed by atoms with Crippen molar-refractivity contribution in [3.63, 3.8) is 0 Å². The molecule has 7 heteroatoms. The third kappa shape index (κ3) is 3.15. The zero-order chi connectivity index (χ0) is 16.7. The van der Waals surface area contributed by atoms with E-state index < -0.39 is 0 Å². The molecule has 1 saturated heterocycles. The minimum Gasteiger partial charge on any atom is -0.338 e. The number of carbonyl (C=O) groups is 1. The highest BCUT2D eigenvalue weighted by Crippen LogP contribution is 2.39. The standard InChI is InChI=1S/C17H18Cl2N4O/c18-14-2-1-3-15(19)13(14)6-7-17(24)22-8-12(9-22)23-10-16(20-21-23)11-4-5-11/h1-3,10-12H,4-9H2. The first-order valence-electron chi connectivity index (χ1n) is 8.24. The predicted molar refractivity (Wildman–Crippen MR) is 92.4 cm³/mol. The Morgan fingerprint density at radius 1 is 1.21 bits per heavy atom. The van der Waals surface area contributed by atoms with E-state index in [1.807, 2.05) is 21.8 Å². The average Bonchev–Trinajstić information content (AvgIpc) is 3.25. The van der Waals surface area contributed by atoms with Gasteiger partial charge in [0.1, 0.15) is 0 Å². The third-order valence-electron chi connectivity index (χ3n) is 4.76. The fourth-order valence-corrected chi connectivity index (χ4v) is 3.61. The van der Waals surface area contributed by atoms with E-state index in [0.717, 1.165) is 11.3 Å². The summed E-state index contributed by atoms with van der Waals surface area (Å²) in [5.74, 6) is 0.738. The molecule has 1 aromatic carbocycles. The van der Waals surface area contributed by atoms with Gasteiger partial charge in [0, 0.05) is 41.7 Å². The Labute approximate surface area is 150 Å². The number of aromatic nitrogens is 3. The molecule has 0 bridgehead atoms. The van der Waals surface area contributed by atoms with Gasteiger partial charge in [-0.3, -0.25) is 4.79 Å². The Balaban J connectivity index is 1.29. The van der Waals surface area contributed by atoms with Crippen LogP contribution in [0.5, 0.6) is 0 Å². The van der Waals surface area contributed by atoms with E-state index in [2.05, 4.69) is 10.3 Å². The van der Waals surface area contributed by atoms with Crippen LogP contribution >= 0.6 is 23.2 Å². The van der Waals surface area contributed by atoms with Crippen LogP contribution in [0.3, 0.4) is 0 Å². The monoisotopic (exact) mass is 364 g/mol. The molecular weight excluding hydrogens is 347 g/mol. The molecule has 1 aliphatic carbocycles. The number of nitrogens with zero attached hydrogens (tertiary/aromatic N) is 4. The largest absolute Gasteiger partial charge is 0.338 e. The topological polar surface area (TPSA) is 51.0 Å². The van der Waals surface area contributed by atoms with Crippen LogP contribution in [0.25, 0.3) is 0 Å². The lowest BCUT2D eigenvalue weighted by Gasteiger charge is -2.39. The van der Waals surface area contributed by atoms with E-state index in [1.165, 1.54) is 12.8 Å². The summed E-state index contributed by atoms with van der Waals surface area (Å²) < 4.78 is 1.91. The number of hydrogen-bond acceptors (Lipinski definition) is 3. The molecule has 2 fully saturated rings. The first-order chi connectivity index (χ1) is 11.6. The fraction of sp³-hybridized carbons (Fsp3) is 0.471. The summed E-state index contributed by atoms with van der Waals surface area (Å²) in [5.41, 5.74) is 1.93. The van der Waals surface area contributed by atoms with E-state index in [1.54, 1.807) is 12.1 Å². The molecule has 2 aliphatic rings. The van der Waals surface area contributed by atoms with Gasteiger partial charge in [-0.2, -0.15) is 0 Å². The van der Waals surface area contributed by atoms with Gasteiger partial charge in [0.15, 0.2) is 0 Å². The first-order valence-corrected chi connectivity index (χ1v) is 9.00. The van der Waals surface area contributed by atoms with Crippen molar-refractivity contribution in [1.82, 2.24) is 19.9 Å². The van der Waals surface area contributed by atoms with Crippen LogP contribution in [-0.2, 0) is 11.2 Å². The van der Waals surface area contributed by atoms with Crippen molar-refractivity contribution in [2.45, 2.75) is 37.6 Å². The number of hydrogen-bond donors (Lipinski definition) is 0. The van der Waals surface area contributed by atoms with Gasteiger partial charge in [0.2, 0.25) is 5.91 Å². The quantitative estimate of drug-likeness (QED) is 0.815. The summed E-state index contributed by atoms with van der Waals surface area (Å²) in [6.07, 6.45) is 5.46. The van der Waals surface area contributed by atoms with Gasteiger partial charge in [0.25, 0.3) is 0 Å². The molecule has 0 N–H and O–H groups in total. The maximum absolute atomic E-state index is 12.3. The number of amides is 1. The van der Waals surface area contributed by atoms with Gasteiger partial charge in [-0.15, -0.1) is 5.10 Å². The van der Waals surface area contributed by atoms with Crippen molar-refractivity contribution in [1.29, 1.82) is 0 Å². The summed E-state index contributed by atoms with van der Waals surface area (Å²) in [6, 6.07) is 5.66. The summed E-state index contributed by atoms with van der Waals surface area (Å²) in [6.45, 7) is 1.39. The SMILES string of the molecule is O=C(CCc1c(Cl)cccc1Cl)N1CC(n2cc(C3CC3)nn2)C1. The highest BCUT2D eigenvalue weighted by molar-refractivity contribution is 6.36. The van der Waals surface area contributed by atoms with Gasteiger partial charge in [-0.1, -0.05) is 34.5 Å². The average molecular weight is 365 g/mol. The molecule has 1 amide bonds. The maximum Gasteiger partial charge on any atom is 0.223 e. The van der Waals surface area contributed by atoms with Crippen LogP contribution in [0.4, 0.5) is 0 Å². The molecule has 1 aliphatic heterocycles. The Bertz CT molecular complexity index is 745. The number of rotatable bonds is 5. The van der Waals surface area contributed by atoms with Crippen molar-refractivity contribution in [2.75, 3.05) is 13.1 Å². The van der Waals surface area contributed by atoms with E-state index in [4.69, 9.17) is 23.2 Å². The number of halogens is 2. The highest BCUT2D eigenvalue weighted by atomic mass is 35.5. The molecule has 2 aromatic rings. The lowest BCUT2D eigenvalue weighted by Crippen LogP contribution is -2.51. The number of likely N-dealkylation sites (tertiary alicyclic amines) is 1. The second-order valence-electron chi connectivity index (χ2n) is 6.55. The van der Waals surface area contributed by atoms with Gasteiger partial charge < -0.3 is 4.90 Å². The predicted octanol–water partition coefficient (Wildman–Crippen LogP) is 3.48. The second kappa shape index (κ2) is 6.37. The Morgan fingerprint density at radius 3 is 2.58 bits per heavy atom. The third-order valence-corrected chi connectivity index (χ3v) is 5.47. The maximum atomic E-state index is 12.3. The lowest BCUT2D eigenvalue weighted by molar-refractivity contribution is -0.137. The molecule has 2 heterocycles. The first kappa shape index (κ1) is 15.9. The summed E-state index contributed by atoms with van der Waals surface area (Å²) >= 11 is 12.3. The number of carbonyl (C=O) groups excluding carboxylic acids is 1. The van der Waals surface area contributed by atoms with Crippen molar-refractivity contribution in [3.8, 4) is 0 Å². The molecule has 4 rings (SSSR count). The number of benzene rings is 1. The highest BCUT2D eigenvalue weighted by Gasteiger charge is 2.34. The van der Waals surface area contributed by atoms with Crippen LogP contribution < -0.4 is 0 Å². The van der Waals surface area contributed by atoms with Crippen LogP contribution in [0.1, 0.15) is 42.5 Å². The van der Waals surface area contributed by atoms with Crippen molar-refractivity contribution in [3.05, 3.63) is 45.7 Å². The molecule has 0 radical (unpaired) electrons. The van der Waals surface area contributed by atoms with E-state index in [-0.39, 0.29) is 11.9 Å². The zero-order valence-corrected chi connectivity index (χ0v) is 14.7. The van der Waals surface area contributed by atoms with Gasteiger partial charge in [-0.05, 0) is 37.0 Å². The van der Waals surface area contributed by atoms with E-state index in [0.29, 0.717) is 41.9 Å². The molecule has 24 heavy (non-hydrogen) atoms. The van der Waals surface area contributed by atoms with Crippen molar-refractivity contribution in [2.24, 2.45) is 0 Å². The smallest absolute Gasteiger partial charge is 0.223 e. The zero-order valence-electron chi connectivity index (χ0n) is 13.2. The molecule has 0 unspecified atom stereocenters. The molecule has 0 spiro atoms.